The average Bonchev–Trinajstić information content (AvgIpc) is 3.39. The van der Waals surface area contributed by atoms with Crippen LogP contribution in [0.25, 0.3) is 6.08 Å². The molecule has 39 heavy (non-hydrogen) atoms. The van der Waals surface area contributed by atoms with Crippen molar-refractivity contribution < 1.29 is 33.3 Å². The molecule has 0 aliphatic carbocycles. The normalized spacial score (nSPS) is 15.4. The van der Waals surface area contributed by atoms with E-state index < -0.39 is 17.8 Å². The van der Waals surface area contributed by atoms with Gasteiger partial charge in [0.2, 0.25) is 6.79 Å². The Bertz CT molecular complexity index is 1510. The van der Waals surface area contributed by atoms with E-state index >= 15 is 0 Å². The Balaban J connectivity index is 1.47. The van der Waals surface area contributed by atoms with Crippen LogP contribution < -0.4 is 29.2 Å². The van der Waals surface area contributed by atoms with Crippen LogP contribution >= 0.6 is 0 Å². The molecule has 1 fully saturated rings. The number of hydrogen-bond acceptors (Lipinski definition) is 7. The summed E-state index contributed by atoms with van der Waals surface area (Å²) in [4.78, 5) is 39.6. The molecule has 2 heterocycles. The summed E-state index contributed by atoms with van der Waals surface area (Å²) < 4.78 is 22.4. The zero-order valence-electron chi connectivity index (χ0n) is 21.5. The molecule has 9 nitrogen and oxygen atoms in total. The van der Waals surface area contributed by atoms with E-state index in [0.29, 0.717) is 41.6 Å². The first-order valence-corrected chi connectivity index (χ1v) is 12.2. The van der Waals surface area contributed by atoms with E-state index in [1.807, 2.05) is 31.2 Å². The van der Waals surface area contributed by atoms with Gasteiger partial charge in [-0.05, 0) is 54.8 Å². The van der Waals surface area contributed by atoms with Crippen molar-refractivity contribution >= 4 is 29.6 Å². The molecule has 3 aromatic carbocycles. The van der Waals surface area contributed by atoms with Crippen molar-refractivity contribution in [3.63, 3.8) is 0 Å². The molecule has 1 N–H and O–H groups in total. The van der Waals surface area contributed by atoms with Crippen LogP contribution in [0.4, 0.5) is 10.5 Å². The number of nitrogens with one attached hydrogen (secondary N) is 1. The first-order valence-electron chi connectivity index (χ1n) is 12.2. The van der Waals surface area contributed by atoms with Crippen LogP contribution in [0.15, 0.2) is 72.8 Å². The smallest absolute Gasteiger partial charge is 0.335 e. The number of allylic oxidation sites excluding steroid dienone is 1. The number of imide groups is 2. The van der Waals surface area contributed by atoms with Crippen molar-refractivity contribution in [1.82, 2.24) is 5.32 Å². The second-order valence-corrected chi connectivity index (χ2v) is 8.97. The fourth-order valence-corrected chi connectivity index (χ4v) is 4.31. The van der Waals surface area contributed by atoms with Gasteiger partial charge in [-0.1, -0.05) is 35.9 Å². The summed E-state index contributed by atoms with van der Waals surface area (Å²) in [7, 11) is 1.52. The van der Waals surface area contributed by atoms with E-state index in [9.17, 15) is 14.4 Å². The average molecular weight is 527 g/mol. The topological polar surface area (TPSA) is 103 Å². The molecule has 198 valence electrons. The molecule has 5 rings (SSSR count). The van der Waals surface area contributed by atoms with E-state index in [2.05, 4.69) is 11.9 Å². The minimum Gasteiger partial charge on any atom is -0.493 e. The van der Waals surface area contributed by atoms with Crippen molar-refractivity contribution in [3.05, 3.63) is 95.1 Å². The predicted molar refractivity (Wildman–Crippen MR) is 144 cm³/mol. The molecule has 0 bridgehead atoms. The van der Waals surface area contributed by atoms with Crippen LogP contribution in [0.2, 0.25) is 0 Å². The molecule has 2 aliphatic heterocycles. The van der Waals surface area contributed by atoms with Crippen LogP contribution in [0.1, 0.15) is 22.3 Å². The molecule has 2 aliphatic rings. The highest BCUT2D eigenvalue weighted by Crippen LogP contribution is 2.37. The summed E-state index contributed by atoms with van der Waals surface area (Å²) in [6, 6.07) is 15.3. The van der Waals surface area contributed by atoms with Gasteiger partial charge in [0.05, 0.1) is 12.8 Å². The molecule has 9 heteroatoms. The SMILES string of the molecule is C=CCc1cc(/C=C2\C(=O)NC(=O)N(c3ccc4c(c3)OCO4)C2=O)cc(OC)c1OCc1ccc(C)cc1. The zero-order valence-corrected chi connectivity index (χ0v) is 21.5. The second kappa shape index (κ2) is 10.7. The number of hydrogen-bond donors (Lipinski definition) is 1. The number of barbiturate groups is 1. The first kappa shape index (κ1) is 25.6. The molecular formula is C30H26N2O7. The number of urea groups is 1. The van der Waals surface area contributed by atoms with Crippen LogP contribution in [-0.2, 0) is 22.6 Å². The molecule has 3 aromatic rings. The summed E-state index contributed by atoms with van der Waals surface area (Å²) >= 11 is 0. The Morgan fingerprint density at radius 3 is 2.54 bits per heavy atom. The highest BCUT2D eigenvalue weighted by molar-refractivity contribution is 6.39. The van der Waals surface area contributed by atoms with Gasteiger partial charge < -0.3 is 18.9 Å². The standard InChI is InChI=1S/C30H26N2O7/c1-4-5-21-12-20(14-26(36-3)27(21)37-16-19-8-6-18(2)7-9-19)13-23-28(33)31-30(35)32(29(23)34)22-10-11-24-25(15-22)39-17-38-24/h4,6-15H,1,5,16-17H2,2-3H3,(H,31,33,35)/b23-13+. The maximum Gasteiger partial charge on any atom is 0.335 e. The van der Waals surface area contributed by atoms with Crippen LogP contribution in [0, 0.1) is 6.92 Å². The number of rotatable bonds is 8. The Kier molecular flexibility index (Phi) is 7.05. The minimum absolute atomic E-state index is 0.0438. The molecule has 4 amide bonds. The van der Waals surface area contributed by atoms with E-state index in [4.69, 9.17) is 18.9 Å². The Hall–Kier alpha value is -5.05. The third-order valence-corrected chi connectivity index (χ3v) is 6.27. The molecule has 0 radical (unpaired) electrons. The lowest BCUT2D eigenvalue weighted by atomic mass is 10.0. The Labute approximate surface area is 225 Å². The fourth-order valence-electron chi connectivity index (χ4n) is 4.31. The monoisotopic (exact) mass is 526 g/mol. The van der Waals surface area contributed by atoms with Crippen LogP contribution in [0.3, 0.4) is 0 Å². The molecule has 1 saturated heterocycles. The quantitative estimate of drug-likeness (QED) is 0.258. The van der Waals surface area contributed by atoms with Gasteiger partial charge in [-0.2, -0.15) is 0 Å². The van der Waals surface area contributed by atoms with Crippen molar-refractivity contribution in [2.45, 2.75) is 20.0 Å². The maximum atomic E-state index is 13.4. The number of aryl methyl sites for hydroxylation is 1. The summed E-state index contributed by atoms with van der Waals surface area (Å²) in [5.74, 6) is 0.299. The summed E-state index contributed by atoms with van der Waals surface area (Å²) in [6.45, 7) is 6.22. The van der Waals surface area contributed by atoms with Gasteiger partial charge in [-0.3, -0.25) is 14.9 Å². The van der Waals surface area contributed by atoms with E-state index in [1.54, 1.807) is 30.3 Å². The van der Waals surface area contributed by atoms with Gasteiger partial charge in [0.15, 0.2) is 23.0 Å². The van der Waals surface area contributed by atoms with Crippen molar-refractivity contribution in [2.24, 2.45) is 0 Å². The second-order valence-electron chi connectivity index (χ2n) is 8.97. The highest BCUT2D eigenvalue weighted by atomic mass is 16.7. The molecule has 0 unspecified atom stereocenters. The predicted octanol–water partition coefficient (Wildman–Crippen LogP) is 4.71. The largest absolute Gasteiger partial charge is 0.493 e. The van der Waals surface area contributed by atoms with E-state index in [-0.39, 0.29) is 18.1 Å². The number of anilines is 1. The number of benzene rings is 3. The molecule has 0 aromatic heterocycles. The summed E-state index contributed by atoms with van der Waals surface area (Å²) in [5.41, 5.74) is 3.45. The summed E-state index contributed by atoms with van der Waals surface area (Å²) in [6.07, 6.45) is 3.60. The Morgan fingerprint density at radius 2 is 1.79 bits per heavy atom. The number of carbonyl (C=O) groups excluding carboxylic acids is 3. The van der Waals surface area contributed by atoms with Gasteiger partial charge in [0.1, 0.15) is 12.2 Å². The number of nitrogens with zero attached hydrogens (tertiary/aromatic N) is 1. The molecule has 0 atom stereocenters. The number of ether oxygens (including phenoxy) is 4. The molecule has 0 spiro atoms. The molecular weight excluding hydrogens is 500 g/mol. The van der Waals surface area contributed by atoms with Crippen molar-refractivity contribution in [1.29, 1.82) is 0 Å². The van der Waals surface area contributed by atoms with Gasteiger partial charge in [0, 0.05) is 11.6 Å². The number of methoxy groups -OCH3 is 1. The van der Waals surface area contributed by atoms with Crippen LogP contribution in [-0.4, -0.2) is 31.7 Å². The first-order chi connectivity index (χ1) is 18.9. The Morgan fingerprint density at radius 1 is 1.03 bits per heavy atom. The third kappa shape index (κ3) is 5.19. The van der Waals surface area contributed by atoms with Crippen molar-refractivity contribution in [2.75, 3.05) is 18.8 Å². The van der Waals surface area contributed by atoms with Crippen LogP contribution in [0.5, 0.6) is 23.0 Å². The van der Waals surface area contributed by atoms with Gasteiger partial charge in [-0.25, -0.2) is 9.69 Å². The highest BCUT2D eigenvalue weighted by Gasteiger charge is 2.37. The lowest BCUT2D eigenvalue weighted by molar-refractivity contribution is -0.122. The number of fused-ring (bicyclic) bond motifs is 1. The minimum atomic E-state index is -0.856. The van der Waals surface area contributed by atoms with Gasteiger partial charge >= 0.3 is 6.03 Å². The van der Waals surface area contributed by atoms with E-state index in [1.165, 1.54) is 19.3 Å². The number of amides is 4. The zero-order chi connectivity index (χ0) is 27.5. The van der Waals surface area contributed by atoms with Gasteiger partial charge in [0.25, 0.3) is 11.8 Å². The van der Waals surface area contributed by atoms with Gasteiger partial charge in [-0.15, -0.1) is 6.58 Å². The van der Waals surface area contributed by atoms with E-state index in [0.717, 1.165) is 21.6 Å². The fraction of sp³-hybridized carbons (Fsp3) is 0.167. The number of carbonyl (C=O) groups is 3. The lowest BCUT2D eigenvalue weighted by Crippen LogP contribution is -2.54. The summed E-state index contributed by atoms with van der Waals surface area (Å²) in [5, 5.41) is 2.23. The van der Waals surface area contributed by atoms with Crippen molar-refractivity contribution in [3.8, 4) is 23.0 Å². The third-order valence-electron chi connectivity index (χ3n) is 6.27. The lowest BCUT2D eigenvalue weighted by Gasteiger charge is -2.26. The maximum absolute atomic E-state index is 13.4. The molecule has 0 saturated carbocycles.